The van der Waals surface area contributed by atoms with Crippen molar-refractivity contribution >= 4 is 51.9 Å². The van der Waals surface area contributed by atoms with Crippen LogP contribution in [-0.2, 0) is 0 Å². The molecule has 7 nitrogen and oxygen atoms in total. The first-order valence-corrected chi connectivity index (χ1v) is 9.27. The summed E-state index contributed by atoms with van der Waals surface area (Å²) in [5.41, 5.74) is 1.20. The summed E-state index contributed by atoms with van der Waals surface area (Å²) >= 11 is 13.2. The second-order valence-electron chi connectivity index (χ2n) is 5.71. The van der Waals surface area contributed by atoms with Gasteiger partial charge in [-0.1, -0.05) is 23.2 Å². The second kappa shape index (κ2) is 6.44. The third-order valence-electron chi connectivity index (χ3n) is 4.23. The van der Waals surface area contributed by atoms with Crippen molar-refractivity contribution in [3.63, 3.8) is 0 Å². The highest BCUT2D eigenvalue weighted by Crippen LogP contribution is 2.32. The first-order chi connectivity index (χ1) is 12.0. The van der Waals surface area contributed by atoms with Gasteiger partial charge >= 0.3 is 0 Å². The van der Waals surface area contributed by atoms with Gasteiger partial charge in [-0.2, -0.15) is 0 Å². The normalized spacial score (nSPS) is 15.2. The average Bonchev–Trinajstić information content (AvgIpc) is 3.16. The van der Waals surface area contributed by atoms with Gasteiger partial charge in [0.2, 0.25) is 5.65 Å². The Kier molecular flexibility index (Phi) is 4.26. The van der Waals surface area contributed by atoms with Crippen LogP contribution in [0.3, 0.4) is 0 Å². The van der Waals surface area contributed by atoms with E-state index < -0.39 is 0 Å². The minimum Gasteiger partial charge on any atom is -0.350 e. The van der Waals surface area contributed by atoms with Gasteiger partial charge in [-0.25, -0.2) is 4.98 Å². The van der Waals surface area contributed by atoms with Gasteiger partial charge in [-0.3, -0.25) is 9.20 Å². The number of carbonyl (C=O) groups excluding carboxylic acids is 1. The van der Waals surface area contributed by atoms with Crippen molar-refractivity contribution in [2.75, 3.05) is 31.1 Å². The number of rotatable bonds is 2. The molecule has 1 aliphatic rings. The number of piperazine rings is 1. The van der Waals surface area contributed by atoms with Gasteiger partial charge in [-0.05, 0) is 13.0 Å². The molecule has 1 fully saturated rings. The summed E-state index contributed by atoms with van der Waals surface area (Å²) in [5, 5.41) is 8.31. The van der Waals surface area contributed by atoms with Crippen LogP contribution in [0.1, 0.15) is 16.2 Å². The summed E-state index contributed by atoms with van der Waals surface area (Å²) in [7, 11) is 0. The van der Waals surface area contributed by atoms with Gasteiger partial charge in [0.1, 0.15) is 10.2 Å². The number of nitrogens with zero attached hydrogens (tertiary/aromatic N) is 6. The SMILES string of the molecule is Cc1nnc2c(N3CCN(C(=O)c4cc(Cl)sc4Cl)CC3)nccn12. The highest BCUT2D eigenvalue weighted by molar-refractivity contribution is 7.20. The smallest absolute Gasteiger partial charge is 0.256 e. The van der Waals surface area contributed by atoms with Crippen LogP contribution in [0.15, 0.2) is 18.5 Å². The van der Waals surface area contributed by atoms with E-state index >= 15 is 0 Å². The predicted molar refractivity (Wildman–Crippen MR) is 98.0 cm³/mol. The van der Waals surface area contributed by atoms with Crippen molar-refractivity contribution in [2.24, 2.45) is 0 Å². The van der Waals surface area contributed by atoms with E-state index in [0.717, 1.165) is 17.3 Å². The zero-order valence-electron chi connectivity index (χ0n) is 13.3. The van der Waals surface area contributed by atoms with E-state index in [1.54, 1.807) is 17.2 Å². The summed E-state index contributed by atoms with van der Waals surface area (Å²) in [6.45, 7) is 4.40. The Hall–Kier alpha value is -1.90. The number of hydrogen-bond donors (Lipinski definition) is 0. The Morgan fingerprint density at radius 3 is 2.64 bits per heavy atom. The number of aryl methyl sites for hydroxylation is 1. The molecule has 0 radical (unpaired) electrons. The zero-order valence-corrected chi connectivity index (χ0v) is 15.6. The molecule has 0 bridgehead atoms. The van der Waals surface area contributed by atoms with Crippen LogP contribution < -0.4 is 4.90 Å². The van der Waals surface area contributed by atoms with Gasteiger partial charge in [0.05, 0.1) is 9.90 Å². The molecule has 0 spiro atoms. The lowest BCUT2D eigenvalue weighted by Gasteiger charge is -2.35. The molecule has 1 amide bonds. The molecule has 0 unspecified atom stereocenters. The highest BCUT2D eigenvalue weighted by atomic mass is 35.5. The van der Waals surface area contributed by atoms with Gasteiger partial charge in [0.15, 0.2) is 5.82 Å². The molecule has 3 aromatic heterocycles. The Morgan fingerprint density at radius 1 is 1.20 bits per heavy atom. The minimum absolute atomic E-state index is 0.0858. The summed E-state index contributed by atoms with van der Waals surface area (Å²) in [6.07, 6.45) is 3.58. The number of thiophene rings is 1. The lowest BCUT2D eigenvalue weighted by Crippen LogP contribution is -2.49. The van der Waals surface area contributed by atoms with Crippen molar-refractivity contribution < 1.29 is 4.79 Å². The molecule has 25 heavy (non-hydrogen) atoms. The van der Waals surface area contributed by atoms with Crippen LogP contribution in [0, 0.1) is 6.92 Å². The van der Waals surface area contributed by atoms with Crippen LogP contribution in [0.2, 0.25) is 8.67 Å². The van der Waals surface area contributed by atoms with Gasteiger partial charge in [-0.15, -0.1) is 21.5 Å². The number of halogens is 2. The number of anilines is 1. The summed E-state index contributed by atoms with van der Waals surface area (Å²) in [4.78, 5) is 21.0. The maximum atomic E-state index is 12.6. The fourth-order valence-electron chi connectivity index (χ4n) is 2.93. The number of amides is 1. The molecule has 0 atom stereocenters. The quantitative estimate of drug-likeness (QED) is 0.665. The number of fused-ring (bicyclic) bond motifs is 1. The number of hydrogen-bond acceptors (Lipinski definition) is 6. The van der Waals surface area contributed by atoms with Crippen LogP contribution in [0.5, 0.6) is 0 Å². The van der Waals surface area contributed by atoms with Crippen LogP contribution >= 0.6 is 34.5 Å². The Bertz CT molecular complexity index is 947. The fraction of sp³-hybridized carbons (Fsp3) is 0.333. The molecule has 4 rings (SSSR count). The number of aromatic nitrogens is 4. The molecular formula is C15H14Cl2N6OS. The third-order valence-corrected chi connectivity index (χ3v) is 5.72. The van der Waals surface area contributed by atoms with E-state index in [9.17, 15) is 4.79 Å². The van der Waals surface area contributed by atoms with Crippen molar-refractivity contribution in [1.29, 1.82) is 0 Å². The summed E-state index contributed by atoms with van der Waals surface area (Å²) in [6, 6.07) is 1.63. The maximum Gasteiger partial charge on any atom is 0.256 e. The van der Waals surface area contributed by atoms with E-state index in [0.29, 0.717) is 40.4 Å². The third kappa shape index (κ3) is 2.94. The Balaban J connectivity index is 1.51. The molecule has 10 heteroatoms. The molecule has 0 saturated carbocycles. The first kappa shape index (κ1) is 16.6. The zero-order chi connectivity index (χ0) is 17.6. The van der Waals surface area contributed by atoms with Crippen LogP contribution in [0.25, 0.3) is 5.65 Å². The predicted octanol–water partition coefficient (Wildman–Crippen LogP) is 2.76. The molecular weight excluding hydrogens is 383 g/mol. The summed E-state index contributed by atoms with van der Waals surface area (Å²) < 4.78 is 2.86. The molecule has 130 valence electrons. The molecule has 1 aliphatic heterocycles. The summed E-state index contributed by atoms with van der Waals surface area (Å²) in [5.74, 6) is 1.51. The Morgan fingerprint density at radius 2 is 1.96 bits per heavy atom. The molecule has 4 heterocycles. The number of carbonyl (C=O) groups is 1. The average molecular weight is 397 g/mol. The van der Waals surface area contributed by atoms with E-state index in [1.807, 2.05) is 17.5 Å². The van der Waals surface area contributed by atoms with Gasteiger partial charge < -0.3 is 9.80 Å². The standard InChI is InChI=1S/C15H14Cl2N6OS/c1-9-19-20-14-13(18-2-3-23(9)14)21-4-6-22(7-5-21)15(24)10-8-11(16)25-12(10)17/h2-3,8H,4-7H2,1H3. The molecule has 0 N–H and O–H groups in total. The fourth-order valence-corrected chi connectivity index (χ4v) is 4.38. The monoisotopic (exact) mass is 396 g/mol. The first-order valence-electron chi connectivity index (χ1n) is 7.70. The lowest BCUT2D eigenvalue weighted by atomic mass is 10.2. The van der Waals surface area contributed by atoms with Crippen molar-refractivity contribution in [1.82, 2.24) is 24.5 Å². The topological polar surface area (TPSA) is 66.6 Å². The highest BCUT2D eigenvalue weighted by Gasteiger charge is 2.26. The molecule has 1 saturated heterocycles. The molecule has 3 aromatic rings. The van der Waals surface area contributed by atoms with Crippen molar-refractivity contribution in [3.05, 3.63) is 38.5 Å². The largest absolute Gasteiger partial charge is 0.350 e. The van der Waals surface area contributed by atoms with Gasteiger partial charge in [0.25, 0.3) is 5.91 Å². The maximum absolute atomic E-state index is 12.6. The lowest BCUT2D eigenvalue weighted by molar-refractivity contribution is 0.0747. The molecule has 0 aliphatic carbocycles. The van der Waals surface area contributed by atoms with Gasteiger partial charge in [0, 0.05) is 38.6 Å². The van der Waals surface area contributed by atoms with Crippen molar-refractivity contribution in [3.8, 4) is 0 Å². The molecule has 0 aromatic carbocycles. The van der Waals surface area contributed by atoms with Crippen LogP contribution in [0.4, 0.5) is 5.82 Å². The second-order valence-corrected chi connectivity index (χ2v) is 7.99. The van der Waals surface area contributed by atoms with E-state index in [4.69, 9.17) is 23.2 Å². The minimum atomic E-state index is -0.0858. The van der Waals surface area contributed by atoms with E-state index in [2.05, 4.69) is 20.1 Å². The van der Waals surface area contributed by atoms with Crippen LogP contribution in [-0.4, -0.2) is 56.6 Å². The Labute approximate surface area is 157 Å². The van der Waals surface area contributed by atoms with Crippen molar-refractivity contribution in [2.45, 2.75) is 6.92 Å². The van der Waals surface area contributed by atoms with E-state index in [1.165, 1.54) is 11.3 Å². The van der Waals surface area contributed by atoms with E-state index in [-0.39, 0.29) is 5.91 Å².